The molecule has 2 saturated carbocycles. The molecule has 2 aromatic carbocycles. The van der Waals surface area contributed by atoms with Gasteiger partial charge in [-0.05, 0) is 99.6 Å². The van der Waals surface area contributed by atoms with Crippen molar-refractivity contribution in [3.05, 3.63) is 69.5 Å². The van der Waals surface area contributed by atoms with Crippen molar-refractivity contribution in [1.82, 2.24) is 0 Å². The fourth-order valence-electron chi connectivity index (χ4n) is 5.77. The predicted molar refractivity (Wildman–Crippen MR) is 171 cm³/mol. The lowest BCUT2D eigenvalue weighted by molar-refractivity contribution is 0.294. The zero-order valence-corrected chi connectivity index (χ0v) is 26.1. The monoisotopic (exact) mass is 582 g/mol. The quantitative estimate of drug-likeness (QED) is 0.251. The van der Waals surface area contributed by atoms with Gasteiger partial charge in [-0.1, -0.05) is 87.7 Å². The van der Waals surface area contributed by atoms with Crippen LogP contribution in [0.15, 0.2) is 36.4 Å². The Labute approximate surface area is 258 Å². The second-order valence-electron chi connectivity index (χ2n) is 12.0. The summed E-state index contributed by atoms with van der Waals surface area (Å²) in [6.07, 6.45) is 18.1. The Morgan fingerprint density at radius 1 is 0.738 bits per heavy atom. The van der Waals surface area contributed by atoms with Gasteiger partial charge in [0, 0.05) is 23.0 Å². The molecular weight excluding hydrogens is 539 g/mol. The molecule has 2 fully saturated rings. The molecule has 2 aliphatic carbocycles. The SMILES string of the molecule is CC1CCC(C#Cc2ccc(C#N)c(Cl)c2)CC1.CCCCCCCC1CCC(C#Cc2ccc(C#N)c(F)c2)CC1. The first-order chi connectivity index (χ1) is 20.4. The number of unbranched alkanes of at least 4 members (excludes halogenated alkanes) is 4. The zero-order valence-electron chi connectivity index (χ0n) is 25.3. The molecule has 0 bridgehead atoms. The Kier molecular flexibility index (Phi) is 14.5. The fraction of sp³-hybridized carbons (Fsp3) is 0.526. The summed E-state index contributed by atoms with van der Waals surface area (Å²) in [6.45, 7) is 4.57. The molecule has 0 aromatic heterocycles. The Morgan fingerprint density at radius 3 is 1.83 bits per heavy atom. The van der Waals surface area contributed by atoms with Gasteiger partial charge >= 0.3 is 0 Å². The smallest absolute Gasteiger partial charge is 0.142 e. The highest BCUT2D eigenvalue weighted by Gasteiger charge is 2.19. The maximum Gasteiger partial charge on any atom is 0.142 e. The van der Waals surface area contributed by atoms with E-state index in [0.29, 0.717) is 28.0 Å². The van der Waals surface area contributed by atoms with Gasteiger partial charge in [-0.15, -0.1) is 0 Å². The third-order valence-corrected chi connectivity index (χ3v) is 8.91. The third kappa shape index (κ3) is 11.6. The lowest BCUT2D eigenvalue weighted by Crippen LogP contribution is -2.13. The lowest BCUT2D eigenvalue weighted by atomic mass is 9.80. The van der Waals surface area contributed by atoms with Crippen molar-refractivity contribution in [3.63, 3.8) is 0 Å². The van der Waals surface area contributed by atoms with Crippen molar-refractivity contribution in [2.75, 3.05) is 0 Å². The van der Waals surface area contributed by atoms with Crippen LogP contribution in [0.25, 0.3) is 0 Å². The summed E-state index contributed by atoms with van der Waals surface area (Å²) < 4.78 is 13.6. The first-order valence-corrected chi connectivity index (χ1v) is 16.2. The first-order valence-electron chi connectivity index (χ1n) is 15.8. The Hall–Kier alpha value is -3.24. The van der Waals surface area contributed by atoms with Crippen LogP contribution in [-0.2, 0) is 0 Å². The van der Waals surface area contributed by atoms with Gasteiger partial charge in [0.1, 0.15) is 18.0 Å². The van der Waals surface area contributed by atoms with Crippen molar-refractivity contribution in [2.24, 2.45) is 23.7 Å². The van der Waals surface area contributed by atoms with Crippen LogP contribution in [-0.4, -0.2) is 0 Å². The summed E-state index contributed by atoms with van der Waals surface area (Å²) >= 11 is 5.98. The molecular formula is C38H44ClFN2. The summed E-state index contributed by atoms with van der Waals surface area (Å²) in [5.41, 5.74) is 2.16. The molecule has 0 unspecified atom stereocenters. The molecule has 0 N–H and O–H groups in total. The molecule has 2 aromatic rings. The Balaban J connectivity index is 0.000000240. The second-order valence-corrected chi connectivity index (χ2v) is 12.4. The molecule has 0 saturated heterocycles. The largest absolute Gasteiger partial charge is 0.206 e. The maximum absolute atomic E-state index is 13.6. The van der Waals surface area contributed by atoms with Crippen molar-refractivity contribution in [1.29, 1.82) is 10.5 Å². The highest BCUT2D eigenvalue weighted by atomic mass is 35.5. The second kappa shape index (κ2) is 18.3. The first kappa shape index (κ1) is 33.3. The molecule has 0 heterocycles. The van der Waals surface area contributed by atoms with E-state index in [1.807, 2.05) is 12.1 Å². The Bertz CT molecular complexity index is 1340. The number of hydrogen-bond acceptors (Lipinski definition) is 2. The van der Waals surface area contributed by atoms with E-state index in [0.717, 1.165) is 17.4 Å². The molecule has 0 amide bonds. The molecule has 220 valence electrons. The van der Waals surface area contributed by atoms with Gasteiger partial charge in [-0.25, -0.2) is 4.39 Å². The fourth-order valence-corrected chi connectivity index (χ4v) is 6.00. The molecule has 0 radical (unpaired) electrons. The summed E-state index contributed by atoms with van der Waals surface area (Å²) in [4.78, 5) is 0. The van der Waals surface area contributed by atoms with Crippen LogP contribution in [0.2, 0.25) is 5.02 Å². The Morgan fingerprint density at radius 2 is 1.29 bits per heavy atom. The highest BCUT2D eigenvalue weighted by Crippen LogP contribution is 2.32. The highest BCUT2D eigenvalue weighted by molar-refractivity contribution is 6.31. The predicted octanol–water partition coefficient (Wildman–Crippen LogP) is 10.6. The van der Waals surface area contributed by atoms with E-state index >= 15 is 0 Å². The molecule has 0 spiro atoms. The molecule has 4 heteroatoms. The van der Waals surface area contributed by atoms with E-state index in [-0.39, 0.29) is 5.56 Å². The number of rotatable bonds is 6. The van der Waals surface area contributed by atoms with E-state index in [1.54, 1.807) is 18.2 Å². The van der Waals surface area contributed by atoms with Crippen molar-refractivity contribution in [3.8, 4) is 35.8 Å². The molecule has 2 nitrogen and oxygen atoms in total. The van der Waals surface area contributed by atoms with E-state index in [2.05, 4.69) is 43.6 Å². The lowest BCUT2D eigenvalue weighted by Gasteiger charge is -2.25. The van der Waals surface area contributed by atoms with Crippen LogP contribution in [0.5, 0.6) is 0 Å². The van der Waals surface area contributed by atoms with E-state index < -0.39 is 5.82 Å². The van der Waals surface area contributed by atoms with Crippen molar-refractivity contribution in [2.45, 2.75) is 104 Å². The average Bonchev–Trinajstić information content (AvgIpc) is 3.01. The molecule has 2 aliphatic rings. The van der Waals surface area contributed by atoms with Crippen LogP contribution < -0.4 is 0 Å². The average molecular weight is 583 g/mol. The summed E-state index contributed by atoms with van der Waals surface area (Å²) in [5.74, 6) is 15.1. The van der Waals surface area contributed by atoms with E-state index in [4.69, 9.17) is 22.1 Å². The minimum Gasteiger partial charge on any atom is -0.206 e. The number of nitriles is 2. The molecule has 42 heavy (non-hydrogen) atoms. The summed E-state index contributed by atoms with van der Waals surface area (Å²) in [5, 5.41) is 18.0. The van der Waals surface area contributed by atoms with Crippen molar-refractivity contribution < 1.29 is 4.39 Å². The molecule has 0 atom stereocenters. The normalized spacial score (nSPS) is 21.2. The van der Waals surface area contributed by atoms with Gasteiger partial charge < -0.3 is 0 Å². The number of halogens is 2. The topological polar surface area (TPSA) is 47.6 Å². The van der Waals surface area contributed by atoms with E-state index in [9.17, 15) is 4.39 Å². The number of hydrogen-bond donors (Lipinski definition) is 0. The minimum absolute atomic E-state index is 0.0833. The van der Waals surface area contributed by atoms with Gasteiger partial charge in [0.05, 0.1) is 16.1 Å². The van der Waals surface area contributed by atoms with Crippen LogP contribution in [0.1, 0.15) is 126 Å². The van der Waals surface area contributed by atoms with Gasteiger partial charge in [0.25, 0.3) is 0 Å². The van der Waals surface area contributed by atoms with Crippen LogP contribution in [0.3, 0.4) is 0 Å². The summed E-state index contributed by atoms with van der Waals surface area (Å²) in [6, 6.07) is 13.9. The molecule has 0 aliphatic heterocycles. The minimum atomic E-state index is -0.476. The van der Waals surface area contributed by atoms with Crippen LogP contribution >= 0.6 is 11.6 Å². The van der Waals surface area contributed by atoms with Crippen LogP contribution in [0, 0.1) is 75.8 Å². The third-order valence-electron chi connectivity index (χ3n) is 8.60. The van der Waals surface area contributed by atoms with Gasteiger partial charge in [0.15, 0.2) is 0 Å². The van der Waals surface area contributed by atoms with Gasteiger partial charge in [-0.3, -0.25) is 0 Å². The van der Waals surface area contributed by atoms with E-state index in [1.165, 1.54) is 102 Å². The standard InChI is InChI=1S/C22H28FN.C16H16ClN/c1-2-3-4-5-6-7-18-8-10-19(11-9-18)12-13-20-14-15-21(17-24)22(23)16-20;1-12-2-4-13(5-3-12)6-7-14-8-9-15(11-18)16(17)10-14/h14-16,18-19H,2-11H2,1H3;8-10,12-13H,2-5H2,1H3. The number of benzene rings is 2. The van der Waals surface area contributed by atoms with Gasteiger partial charge in [0.2, 0.25) is 0 Å². The van der Waals surface area contributed by atoms with Gasteiger partial charge in [-0.2, -0.15) is 10.5 Å². The van der Waals surface area contributed by atoms with Crippen molar-refractivity contribution >= 4 is 11.6 Å². The molecule has 4 rings (SSSR count). The zero-order chi connectivity index (χ0) is 30.2. The maximum atomic E-state index is 13.6. The summed E-state index contributed by atoms with van der Waals surface area (Å²) in [7, 11) is 0. The van der Waals surface area contributed by atoms with Crippen LogP contribution in [0.4, 0.5) is 4.39 Å². The number of nitrogens with zero attached hydrogens (tertiary/aromatic N) is 2.